The topological polar surface area (TPSA) is 85.5 Å². The number of unbranched alkanes of at least 4 members (excludes halogenated alkanes) is 2. The molecule has 7 nitrogen and oxygen atoms in total. The van der Waals surface area contributed by atoms with Crippen molar-refractivity contribution in [2.75, 3.05) is 45.2 Å². The van der Waals surface area contributed by atoms with E-state index in [2.05, 4.69) is 65.2 Å². The molecule has 0 radical (unpaired) electrons. The van der Waals surface area contributed by atoms with Crippen molar-refractivity contribution >= 4 is 22.4 Å². The fraction of sp³-hybridized carbons (Fsp3) is 0.517. The highest BCUT2D eigenvalue weighted by Crippen LogP contribution is 2.35. The molecular formula is C29H43N5O2. The number of methoxy groups -OCH3 is 1. The summed E-state index contributed by atoms with van der Waals surface area (Å²) in [6.07, 6.45) is 7.47. The summed E-state index contributed by atoms with van der Waals surface area (Å²) in [6, 6.07) is 12.2. The second-order valence-corrected chi connectivity index (χ2v) is 9.38. The van der Waals surface area contributed by atoms with Gasteiger partial charge in [-0.1, -0.05) is 45.7 Å². The lowest BCUT2D eigenvalue weighted by Gasteiger charge is -2.22. The fourth-order valence-electron chi connectivity index (χ4n) is 4.17. The molecule has 2 aromatic carbocycles. The van der Waals surface area contributed by atoms with Crippen molar-refractivity contribution in [3.8, 4) is 11.5 Å². The first-order chi connectivity index (χ1) is 17.6. The maximum absolute atomic E-state index is 6.21. The Kier molecular flexibility index (Phi) is 11.2. The van der Waals surface area contributed by atoms with Gasteiger partial charge in [-0.3, -0.25) is 0 Å². The highest BCUT2D eigenvalue weighted by Gasteiger charge is 2.13. The maximum Gasteiger partial charge on any atom is 0.162 e. The smallest absolute Gasteiger partial charge is 0.162 e. The Bertz CT molecular complexity index is 1050. The van der Waals surface area contributed by atoms with Gasteiger partial charge in [-0.15, -0.1) is 0 Å². The summed E-state index contributed by atoms with van der Waals surface area (Å²) < 4.78 is 11.8. The van der Waals surface area contributed by atoms with E-state index in [9.17, 15) is 0 Å². The third-order valence-corrected chi connectivity index (χ3v) is 6.55. The number of nitrogens with one attached hydrogen (secondary N) is 1. The zero-order chi connectivity index (χ0) is 25.8. The second-order valence-electron chi connectivity index (χ2n) is 9.38. The van der Waals surface area contributed by atoms with E-state index in [-0.39, 0.29) is 0 Å². The Morgan fingerprint density at radius 2 is 1.64 bits per heavy atom. The van der Waals surface area contributed by atoms with Gasteiger partial charge in [0.1, 0.15) is 12.1 Å². The Labute approximate surface area is 216 Å². The summed E-state index contributed by atoms with van der Waals surface area (Å²) in [7, 11) is 1.66. The molecule has 3 aromatic rings. The first kappa shape index (κ1) is 27.7. The highest BCUT2D eigenvalue weighted by molar-refractivity contribution is 5.93. The van der Waals surface area contributed by atoms with E-state index in [1.807, 2.05) is 12.1 Å². The van der Waals surface area contributed by atoms with Crippen LogP contribution >= 0.6 is 0 Å². The van der Waals surface area contributed by atoms with E-state index >= 15 is 0 Å². The lowest BCUT2D eigenvalue weighted by Crippen LogP contribution is -2.28. The van der Waals surface area contributed by atoms with E-state index in [1.165, 1.54) is 31.2 Å². The summed E-state index contributed by atoms with van der Waals surface area (Å²) in [6.45, 7) is 11.3. The normalized spacial score (nSPS) is 12.2. The SMILES string of the molecule is CCCCN(CCCC)CCCOc1cc2c(Nc3ccc([C@@H](C)CN)cc3)ncnc2cc1OC. The lowest BCUT2D eigenvalue weighted by atomic mass is 10.0. The van der Waals surface area contributed by atoms with E-state index in [0.29, 0.717) is 30.6 Å². The largest absolute Gasteiger partial charge is 0.493 e. The Morgan fingerprint density at radius 1 is 0.944 bits per heavy atom. The minimum atomic E-state index is 0.330. The van der Waals surface area contributed by atoms with E-state index in [4.69, 9.17) is 15.2 Å². The molecule has 0 fully saturated rings. The number of rotatable bonds is 16. The average molecular weight is 494 g/mol. The summed E-state index contributed by atoms with van der Waals surface area (Å²) in [5, 5.41) is 4.32. The van der Waals surface area contributed by atoms with Gasteiger partial charge >= 0.3 is 0 Å². The maximum atomic E-state index is 6.21. The van der Waals surface area contributed by atoms with Gasteiger partial charge in [0.05, 0.1) is 19.2 Å². The number of aromatic nitrogens is 2. The van der Waals surface area contributed by atoms with Crippen LogP contribution in [0.5, 0.6) is 11.5 Å². The van der Waals surface area contributed by atoms with Gasteiger partial charge < -0.3 is 25.4 Å². The summed E-state index contributed by atoms with van der Waals surface area (Å²) in [4.78, 5) is 11.5. The monoisotopic (exact) mass is 493 g/mol. The van der Waals surface area contributed by atoms with E-state index < -0.39 is 0 Å². The summed E-state index contributed by atoms with van der Waals surface area (Å²) in [5.74, 6) is 2.46. The molecule has 0 unspecified atom stereocenters. The third-order valence-electron chi connectivity index (χ3n) is 6.55. The number of ether oxygens (including phenoxy) is 2. The minimum Gasteiger partial charge on any atom is -0.493 e. The molecule has 1 atom stereocenters. The fourth-order valence-corrected chi connectivity index (χ4v) is 4.17. The molecule has 1 aromatic heterocycles. The second kappa shape index (κ2) is 14.6. The molecule has 0 spiro atoms. The van der Waals surface area contributed by atoms with Gasteiger partial charge in [-0.2, -0.15) is 0 Å². The quantitative estimate of drug-likeness (QED) is 0.233. The van der Waals surface area contributed by atoms with Crippen LogP contribution in [-0.2, 0) is 0 Å². The number of nitrogens with two attached hydrogens (primary N) is 1. The van der Waals surface area contributed by atoms with Gasteiger partial charge in [-0.05, 0) is 68.6 Å². The molecule has 7 heteroatoms. The zero-order valence-corrected chi connectivity index (χ0v) is 22.4. The lowest BCUT2D eigenvalue weighted by molar-refractivity contribution is 0.225. The number of benzene rings is 2. The van der Waals surface area contributed by atoms with Crippen LogP contribution in [0.3, 0.4) is 0 Å². The molecule has 1 heterocycles. The summed E-state index contributed by atoms with van der Waals surface area (Å²) in [5.41, 5.74) is 8.79. The number of hydrogen-bond acceptors (Lipinski definition) is 7. The highest BCUT2D eigenvalue weighted by atomic mass is 16.5. The number of nitrogens with zero attached hydrogens (tertiary/aromatic N) is 3. The number of fused-ring (bicyclic) bond motifs is 1. The van der Waals surface area contributed by atoms with Crippen molar-refractivity contribution in [1.29, 1.82) is 0 Å². The van der Waals surface area contributed by atoms with Crippen molar-refractivity contribution < 1.29 is 9.47 Å². The zero-order valence-electron chi connectivity index (χ0n) is 22.4. The van der Waals surface area contributed by atoms with Crippen LogP contribution in [0.1, 0.15) is 64.4 Å². The van der Waals surface area contributed by atoms with E-state index in [0.717, 1.165) is 48.5 Å². The Balaban J connectivity index is 1.71. The van der Waals surface area contributed by atoms with Gasteiger partial charge in [0.25, 0.3) is 0 Å². The molecule has 3 N–H and O–H groups in total. The standard InChI is InChI=1S/C29H43N5O2/c1-5-7-14-34(15-8-6-2)16-9-17-36-28-18-25-26(19-27(28)35-4)31-21-32-29(25)33-24-12-10-23(11-13-24)22(3)20-30/h10-13,18-19,21-22H,5-9,14-17,20,30H2,1-4H3,(H,31,32,33)/t22-/m0/s1. The van der Waals surface area contributed by atoms with Crippen molar-refractivity contribution in [3.05, 3.63) is 48.3 Å². The predicted molar refractivity (Wildman–Crippen MR) is 150 cm³/mol. The molecular weight excluding hydrogens is 450 g/mol. The van der Waals surface area contributed by atoms with Gasteiger partial charge in [0.15, 0.2) is 11.5 Å². The molecule has 0 aliphatic rings. The average Bonchev–Trinajstić information content (AvgIpc) is 2.91. The molecule has 3 rings (SSSR count). The molecule has 0 saturated heterocycles. The van der Waals surface area contributed by atoms with Crippen LogP contribution in [0.4, 0.5) is 11.5 Å². The van der Waals surface area contributed by atoms with Crippen LogP contribution in [0.15, 0.2) is 42.7 Å². The van der Waals surface area contributed by atoms with Gasteiger partial charge in [-0.25, -0.2) is 9.97 Å². The minimum absolute atomic E-state index is 0.330. The van der Waals surface area contributed by atoms with Crippen molar-refractivity contribution in [2.45, 2.75) is 58.8 Å². The Morgan fingerprint density at radius 3 is 2.28 bits per heavy atom. The number of anilines is 2. The molecule has 0 aliphatic heterocycles. The first-order valence-electron chi connectivity index (χ1n) is 13.3. The van der Waals surface area contributed by atoms with Gasteiger partial charge in [0, 0.05) is 23.7 Å². The first-order valence-corrected chi connectivity index (χ1v) is 13.3. The number of hydrogen-bond donors (Lipinski definition) is 2. The molecule has 0 bridgehead atoms. The third kappa shape index (κ3) is 7.80. The van der Waals surface area contributed by atoms with Crippen LogP contribution in [0.2, 0.25) is 0 Å². The van der Waals surface area contributed by atoms with Crippen LogP contribution in [0.25, 0.3) is 10.9 Å². The molecule has 36 heavy (non-hydrogen) atoms. The predicted octanol–water partition coefficient (Wildman–Crippen LogP) is 6.12. The molecule has 0 saturated carbocycles. The Hall–Kier alpha value is -2.90. The molecule has 196 valence electrons. The van der Waals surface area contributed by atoms with Crippen molar-refractivity contribution in [3.63, 3.8) is 0 Å². The molecule has 0 amide bonds. The van der Waals surface area contributed by atoms with Crippen LogP contribution in [0, 0.1) is 0 Å². The van der Waals surface area contributed by atoms with Gasteiger partial charge in [0.2, 0.25) is 0 Å². The molecule has 0 aliphatic carbocycles. The summed E-state index contributed by atoms with van der Waals surface area (Å²) >= 11 is 0. The van der Waals surface area contributed by atoms with E-state index in [1.54, 1.807) is 13.4 Å². The van der Waals surface area contributed by atoms with Crippen LogP contribution < -0.4 is 20.5 Å². The van der Waals surface area contributed by atoms with Crippen molar-refractivity contribution in [2.24, 2.45) is 5.73 Å². The van der Waals surface area contributed by atoms with Crippen LogP contribution in [-0.4, -0.2) is 54.8 Å². The van der Waals surface area contributed by atoms with Crippen molar-refractivity contribution in [1.82, 2.24) is 14.9 Å².